The maximum absolute atomic E-state index is 13.7. The number of hydrogen-bond acceptors (Lipinski definition) is 2. The average Bonchev–Trinajstić information content (AvgIpc) is 2.70. The molecule has 1 aromatic carbocycles. The normalized spacial score (nSPS) is 12.7. The van der Waals surface area contributed by atoms with Gasteiger partial charge in [-0.2, -0.15) is 0 Å². The van der Waals surface area contributed by atoms with Gasteiger partial charge >= 0.3 is 0 Å². The van der Waals surface area contributed by atoms with Gasteiger partial charge in [0.15, 0.2) is 0 Å². The summed E-state index contributed by atoms with van der Waals surface area (Å²) in [5.74, 6) is -1.07. The van der Waals surface area contributed by atoms with Crippen LogP contribution < -0.4 is 5.32 Å². The molecule has 1 unspecified atom stereocenters. The van der Waals surface area contributed by atoms with E-state index in [1.54, 1.807) is 7.05 Å². The molecular formula is C12H10BrF2NS. The van der Waals surface area contributed by atoms with Gasteiger partial charge in [-0.3, -0.25) is 0 Å². The van der Waals surface area contributed by atoms with Crippen LogP contribution in [0.25, 0.3) is 0 Å². The van der Waals surface area contributed by atoms with Gasteiger partial charge in [0.2, 0.25) is 0 Å². The number of rotatable bonds is 3. The largest absolute Gasteiger partial charge is 0.308 e. The molecule has 0 saturated heterocycles. The van der Waals surface area contributed by atoms with Crippen molar-refractivity contribution in [2.24, 2.45) is 0 Å². The highest BCUT2D eigenvalue weighted by molar-refractivity contribution is 9.11. The predicted octanol–water partition coefficient (Wildman–Crippen LogP) is 4.10. The van der Waals surface area contributed by atoms with E-state index in [9.17, 15) is 8.78 Å². The molecule has 0 radical (unpaired) electrons. The van der Waals surface area contributed by atoms with Crippen LogP contribution >= 0.6 is 27.3 Å². The predicted molar refractivity (Wildman–Crippen MR) is 69.3 cm³/mol. The van der Waals surface area contributed by atoms with Crippen molar-refractivity contribution >= 4 is 27.3 Å². The van der Waals surface area contributed by atoms with Gasteiger partial charge in [-0.25, -0.2) is 8.78 Å². The third kappa shape index (κ3) is 2.56. The molecule has 1 heterocycles. The van der Waals surface area contributed by atoms with Crippen LogP contribution in [0.15, 0.2) is 34.1 Å². The molecule has 1 atom stereocenters. The summed E-state index contributed by atoms with van der Waals surface area (Å²) < 4.78 is 28.3. The van der Waals surface area contributed by atoms with E-state index in [0.717, 1.165) is 8.66 Å². The van der Waals surface area contributed by atoms with E-state index in [0.29, 0.717) is 0 Å². The molecule has 0 saturated carbocycles. The van der Waals surface area contributed by atoms with E-state index in [-0.39, 0.29) is 5.56 Å². The third-order valence-corrected chi connectivity index (χ3v) is 4.14. The fourth-order valence-electron chi connectivity index (χ4n) is 1.70. The summed E-state index contributed by atoms with van der Waals surface area (Å²) in [4.78, 5) is 0.864. The number of nitrogens with one attached hydrogen (secondary N) is 1. The molecule has 0 bridgehead atoms. The summed E-state index contributed by atoms with van der Waals surface area (Å²) in [6.07, 6.45) is 0. The lowest BCUT2D eigenvalue weighted by Gasteiger charge is -2.16. The van der Waals surface area contributed by atoms with Crippen molar-refractivity contribution in [2.75, 3.05) is 7.05 Å². The first-order valence-electron chi connectivity index (χ1n) is 5.00. The van der Waals surface area contributed by atoms with Gasteiger partial charge in [0.1, 0.15) is 11.6 Å². The van der Waals surface area contributed by atoms with Crippen molar-refractivity contribution in [1.29, 1.82) is 0 Å². The average molecular weight is 318 g/mol. The van der Waals surface area contributed by atoms with E-state index in [2.05, 4.69) is 21.2 Å². The molecule has 2 aromatic rings. The van der Waals surface area contributed by atoms with Crippen LogP contribution in [0.4, 0.5) is 8.78 Å². The lowest BCUT2D eigenvalue weighted by Crippen LogP contribution is -2.19. The first kappa shape index (κ1) is 12.7. The molecule has 0 aliphatic rings. The second kappa shape index (κ2) is 5.25. The Bertz CT molecular complexity index is 507. The molecule has 0 amide bonds. The molecule has 5 heteroatoms. The Morgan fingerprint density at radius 1 is 1.18 bits per heavy atom. The zero-order valence-electron chi connectivity index (χ0n) is 9.01. The highest BCUT2D eigenvalue weighted by atomic mass is 79.9. The second-order valence-electron chi connectivity index (χ2n) is 3.50. The quantitative estimate of drug-likeness (QED) is 0.898. The SMILES string of the molecule is CNC(c1ccc(Br)s1)c1c(F)cccc1F. The van der Waals surface area contributed by atoms with Gasteiger partial charge in [0.05, 0.1) is 9.83 Å². The van der Waals surface area contributed by atoms with Crippen LogP contribution in [0, 0.1) is 11.6 Å². The maximum Gasteiger partial charge on any atom is 0.131 e. The molecule has 17 heavy (non-hydrogen) atoms. The molecule has 1 aromatic heterocycles. The van der Waals surface area contributed by atoms with Gasteiger partial charge < -0.3 is 5.32 Å². The Morgan fingerprint density at radius 2 is 1.82 bits per heavy atom. The summed E-state index contributed by atoms with van der Waals surface area (Å²) in [5.41, 5.74) is 0.0596. The second-order valence-corrected chi connectivity index (χ2v) is 5.99. The summed E-state index contributed by atoms with van der Waals surface area (Å²) in [5, 5.41) is 2.94. The van der Waals surface area contributed by atoms with Crippen LogP contribution in [0.1, 0.15) is 16.5 Å². The van der Waals surface area contributed by atoms with Crippen LogP contribution in [-0.2, 0) is 0 Å². The first-order chi connectivity index (χ1) is 8.13. The minimum absolute atomic E-state index is 0.0596. The Hall–Kier alpha value is -0.780. The molecule has 0 fully saturated rings. The maximum atomic E-state index is 13.7. The Morgan fingerprint density at radius 3 is 2.29 bits per heavy atom. The van der Waals surface area contributed by atoms with Crippen molar-refractivity contribution in [3.63, 3.8) is 0 Å². The Kier molecular flexibility index (Phi) is 3.91. The van der Waals surface area contributed by atoms with Crippen LogP contribution in [-0.4, -0.2) is 7.05 Å². The van der Waals surface area contributed by atoms with E-state index in [4.69, 9.17) is 0 Å². The van der Waals surface area contributed by atoms with E-state index < -0.39 is 17.7 Å². The monoisotopic (exact) mass is 317 g/mol. The van der Waals surface area contributed by atoms with Crippen molar-refractivity contribution in [1.82, 2.24) is 5.32 Å². The van der Waals surface area contributed by atoms with Crippen LogP contribution in [0.3, 0.4) is 0 Å². The van der Waals surface area contributed by atoms with E-state index in [1.165, 1.54) is 29.5 Å². The summed E-state index contributed by atoms with van der Waals surface area (Å²) >= 11 is 4.80. The molecule has 1 N–H and O–H groups in total. The molecule has 90 valence electrons. The molecule has 1 nitrogen and oxygen atoms in total. The van der Waals surface area contributed by atoms with Gasteiger partial charge in [0, 0.05) is 10.4 Å². The minimum Gasteiger partial charge on any atom is -0.308 e. The van der Waals surface area contributed by atoms with Gasteiger partial charge in [-0.05, 0) is 47.2 Å². The van der Waals surface area contributed by atoms with Gasteiger partial charge in [-0.15, -0.1) is 11.3 Å². The number of thiophene rings is 1. The minimum atomic E-state index is -0.533. The smallest absolute Gasteiger partial charge is 0.131 e. The van der Waals surface area contributed by atoms with Gasteiger partial charge in [0.25, 0.3) is 0 Å². The zero-order valence-corrected chi connectivity index (χ0v) is 11.4. The van der Waals surface area contributed by atoms with E-state index in [1.807, 2.05) is 12.1 Å². The first-order valence-corrected chi connectivity index (χ1v) is 6.61. The van der Waals surface area contributed by atoms with Gasteiger partial charge in [-0.1, -0.05) is 6.07 Å². The van der Waals surface area contributed by atoms with Crippen LogP contribution in [0.5, 0.6) is 0 Å². The number of benzene rings is 1. The topological polar surface area (TPSA) is 12.0 Å². The highest BCUT2D eigenvalue weighted by Gasteiger charge is 2.21. The zero-order chi connectivity index (χ0) is 12.4. The summed E-state index contributed by atoms with van der Waals surface area (Å²) in [6.45, 7) is 0. The number of hydrogen-bond donors (Lipinski definition) is 1. The van der Waals surface area contributed by atoms with Crippen molar-refractivity contribution in [3.8, 4) is 0 Å². The fourth-order valence-corrected chi connectivity index (χ4v) is 3.24. The molecule has 0 aliphatic carbocycles. The summed E-state index contributed by atoms with van der Waals surface area (Å²) in [6, 6.07) is 7.15. The molecular weight excluding hydrogens is 308 g/mol. The summed E-state index contributed by atoms with van der Waals surface area (Å²) in [7, 11) is 1.68. The standard InChI is InChI=1S/C12H10BrF2NS/c1-16-12(9-5-6-10(13)17-9)11-7(14)3-2-4-8(11)15/h2-6,12,16H,1H3. The van der Waals surface area contributed by atoms with Crippen LogP contribution in [0.2, 0.25) is 0 Å². The number of halogens is 3. The van der Waals surface area contributed by atoms with E-state index >= 15 is 0 Å². The van der Waals surface area contributed by atoms with Crippen molar-refractivity contribution in [3.05, 3.63) is 56.2 Å². The van der Waals surface area contributed by atoms with Crippen molar-refractivity contribution in [2.45, 2.75) is 6.04 Å². The van der Waals surface area contributed by atoms with Crippen molar-refractivity contribution < 1.29 is 8.78 Å². The molecule has 0 aliphatic heterocycles. The molecule has 2 rings (SSSR count). The lowest BCUT2D eigenvalue weighted by molar-refractivity contribution is 0.524. The third-order valence-electron chi connectivity index (χ3n) is 2.46. The Balaban J connectivity index is 2.49. The fraction of sp³-hybridized carbons (Fsp3) is 0.167. The molecule has 0 spiro atoms. The lowest BCUT2D eigenvalue weighted by atomic mass is 10.0. The Labute approximate surface area is 111 Å². The highest BCUT2D eigenvalue weighted by Crippen LogP contribution is 2.33.